The molecule has 114 valence electrons. The minimum Gasteiger partial charge on any atom is -0.472 e. The summed E-state index contributed by atoms with van der Waals surface area (Å²) in [7, 11) is 0. The van der Waals surface area contributed by atoms with Crippen molar-refractivity contribution in [3.63, 3.8) is 0 Å². The predicted molar refractivity (Wildman–Crippen MR) is 78.4 cm³/mol. The van der Waals surface area contributed by atoms with Crippen molar-refractivity contribution in [2.45, 2.75) is 32.3 Å². The number of pyridine rings is 1. The van der Waals surface area contributed by atoms with Crippen LogP contribution < -0.4 is 4.74 Å². The smallest absolute Gasteiger partial charge is 0.254 e. The lowest BCUT2D eigenvalue weighted by Gasteiger charge is -2.30. The number of carbonyl (C=O) groups is 1. The van der Waals surface area contributed by atoms with Gasteiger partial charge in [0.05, 0.1) is 13.2 Å². The second-order valence-electron chi connectivity index (χ2n) is 5.96. The second-order valence-corrected chi connectivity index (χ2v) is 5.96. The molecule has 2 saturated heterocycles. The Hall–Kier alpha value is -1.62. The van der Waals surface area contributed by atoms with Crippen molar-refractivity contribution in [3.05, 3.63) is 23.9 Å². The molecule has 2 aliphatic heterocycles. The number of aromatic nitrogens is 1. The van der Waals surface area contributed by atoms with Crippen LogP contribution in [0.15, 0.2) is 18.3 Å². The van der Waals surface area contributed by atoms with Crippen LogP contribution in [0.25, 0.3) is 0 Å². The van der Waals surface area contributed by atoms with Gasteiger partial charge in [-0.2, -0.15) is 0 Å². The van der Waals surface area contributed by atoms with Gasteiger partial charge in [0.15, 0.2) is 0 Å². The quantitative estimate of drug-likeness (QED) is 0.855. The van der Waals surface area contributed by atoms with Gasteiger partial charge in [-0.25, -0.2) is 4.98 Å². The van der Waals surface area contributed by atoms with Crippen molar-refractivity contribution in [3.8, 4) is 5.88 Å². The summed E-state index contributed by atoms with van der Waals surface area (Å²) in [5.74, 6) is 1.31. The minimum absolute atomic E-state index is 0.0543. The van der Waals surface area contributed by atoms with E-state index in [2.05, 4.69) is 11.9 Å². The Morgan fingerprint density at radius 2 is 2.19 bits per heavy atom. The number of carbonyl (C=O) groups excluding carboxylic acids is 1. The molecule has 0 aromatic carbocycles. The van der Waals surface area contributed by atoms with Gasteiger partial charge in [-0.3, -0.25) is 4.79 Å². The van der Waals surface area contributed by atoms with Crippen LogP contribution in [0.1, 0.15) is 36.5 Å². The molecule has 2 aliphatic rings. The Morgan fingerprint density at radius 3 is 2.90 bits per heavy atom. The van der Waals surface area contributed by atoms with Gasteiger partial charge in [0.25, 0.3) is 5.91 Å². The first kappa shape index (κ1) is 14.3. The fourth-order valence-electron chi connectivity index (χ4n) is 2.78. The van der Waals surface area contributed by atoms with Crippen molar-refractivity contribution >= 4 is 5.91 Å². The van der Waals surface area contributed by atoms with Crippen molar-refractivity contribution in [1.29, 1.82) is 0 Å². The molecule has 0 N–H and O–H groups in total. The van der Waals surface area contributed by atoms with E-state index in [0.29, 0.717) is 24.0 Å². The van der Waals surface area contributed by atoms with Crippen LogP contribution >= 0.6 is 0 Å². The summed E-state index contributed by atoms with van der Waals surface area (Å²) < 4.78 is 11.0. The highest BCUT2D eigenvalue weighted by Gasteiger charge is 2.23. The third-order valence-corrected chi connectivity index (χ3v) is 4.23. The maximum Gasteiger partial charge on any atom is 0.254 e. The highest BCUT2D eigenvalue weighted by Crippen LogP contribution is 2.20. The summed E-state index contributed by atoms with van der Waals surface area (Å²) in [6.45, 7) is 5.26. The van der Waals surface area contributed by atoms with Crippen molar-refractivity contribution in [1.82, 2.24) is 9.88 Å². The van der Waals surface area contributed by atoms with E-state index >= 15 is 0 Å². The molecule has 0 unspecified atom stereocenters. The SMILES string of the molecule is CC1CCN(C(=O)c2ccnc(O[C@@H]3CCOC3)c2)CC1. The van der Waals surface area contributed by atoms with E-state index in [1.807, 2.05) is 4.90 Å². The molecule has 0 saturated carbocycles. The van der Waals surface area contributed by atoms with Crippen LogP contribution in [0.2, 0.25) is 0 Å². The van der Waals surface area contributed by atoms with E-state index in [-0.39, 0.29) is 12.0 Å². The minimum atomic E-state index is 0.0543. The molecule has 0 spiro atoms. The number of amides is 1. The topological polar surface area (TPSA) is 51.7 Å². The first-order valence-electron chi connectivity index (χ1n) is 7.72. The molecular formula is C16H22N2O3. The van der Waals surface area contributed by atoms with Gasteiger partial charge in [-0.15, -0.1) is 0 Å². The van der Waals surface area contributed by atoms with E-state index in [1.54, 1.807) is 18.3 Å². The van der Waals surface area contributed by atoms with Crippen LogP contribution in [0.3, 0.4) is 0 Å². The molecule has 1 aromatic heterocycles. The zero-order valence-corrected chi connectivity index (χ0v) is 12.5. The van der Waals surface area contributed by atoms with Crippen molar-refractivity contribution in [2.24, 2.45) is 5.92 Å². The number of nitrogens with zero attached hydrogens (tertiary/aromatic N) is 2. The maximum atomic E-state index is 12.5. The molecule has 0 radical (unpaired) electrons. The van der Waals surface area contributed by atoms with Gasteiger partial charge in [-0.1, -0.05) is 6.92 Å². The van der Waals surface area contributed by atoms with Crippen LogP contribution in [0.5, 0.6) is 5.88 Å². The largest absolute Gasteiger partial charge is 0.472 e. The standard InChI is InChI=1S/C16H22N2O3/c1-12-3-7-18(8-4-12)16(19)13-2-6-17-15(10-13)21-14-5-9-20-11-14/h2,6,10,12,14H,3-5,7-9,11H2,1H3/t14-/m1/s1. The first-order valence-corrected chi connectivity index (χ1v) is 7.72. The summed E-state index contributed by atoms with van der Waals surface area (Å²) in [5.41, 5.74) is 0.661. The molecule has 3 rings (SSSR count). The third kappa shape index (κ3) is 3.53. The second kappa shape index (κ2) is 6.43. The van der Waals surface area contributed by atoms with Gasteiger partial charge >= 0.3 is 0 Å². The summed E-state index contributed by atoms with van der Waals surface area (Å²) in [6, 6.07) is 3.51. The lowest BCUT2D eigenvalue weighted by Crippen LogP contribution is -2.37. The van der Waals surface area contributed by atoms with E-state index in [9.17, 15) is 4.79 Å². The van der Waals surface area contributed by atoms with E-state index in [4.69, 9.17) is 9.47 Å². The highest BCUT2D eigenvalue weighted by atomic mass is 16.5. The number of ether oxygens (including phenoxy) is 2. The zero-order chi connectivity index (χ0) is 14.7. The van der Waals surface area contributed by atoms with Gasteiger partial charge in [0.2, 0.25) is 5.88 Å². The van der Waals surface area contributed by atoms with E-state index in [0.717, 1.165) is 39.0 Å². The molecule has 5 heteroatoms. The highest BCUT2D eigenvalue weighted by molar-refractivity contribution is 5.94. The monoisotopic (exact) mass is 290 g/mol. The van der Waals surface area contributed by atoms with Crippen molar-refractivity contribution < 1.29 is 14.3 Å². The maximum absolute atomic E-state index is 12.5. The number of hydrogen-bond acceptors (Lipinski definition) is 4. The molecule has 1 atom stereocenters. The number of piperidine rings is 1. The molecule has 0 bridgehead atoms. The Balaban J connectivity index is 1.65. The summed E-state index contributed by atoms with van der Waals surface area (Å²) in [6.07, 6.45) is 4.74. The average Bonchev–Trinajstić information content (AvgIpc) is 3.00. The van der Waals surface area contributed by atoms with Crippen molar-refractivity contribution in [2.75, 3.05) is 26.3 Å². The van der Waals surface area contributed by atoms with Crippen LogP contribution in [-0.2, 0) is 4.74 Å². The Bertz CT molecular complexity index is 492. The van der Waals surface area contributed by atoms with Gasteiger partial charge < -0.3 is 14.4 Å². The Labute approximate surface area is 125 Å². The molecule has 0 aliphatic carbocycles. The first-order chi connectivity index (χ1) is 10.2. The molecule has 21 heavy (non-hydrogen) atoms. The Morgan fingerprint density at radius 1 is 1.38 bits per heavy atom. The van der Waals surface area contributed by atoms with Crippen LogP contribution in [-0.4, -0.2) is 48.2 Å². The van der Waals surface area contributed by atoms with E-state index in [1.165, 1.54) is 0 Å². The average molecular weight is 290 g/mol. The van der Waals surface area contributed by atoms with E-state index < -0.39 is 0 Å². The fourth-order valence-corrected chi connectivity index (χ4v) is 2.78. The number of hydrogen-bond donors (Lipinski definition) is 0. The third-order valence-electron chi connectivity index (χ3n) is 4.23. The molecule has 2 fully saturated rings. The number of likely N-dealkylation sites (tertiary alicyclic amines) is 1. The normalized spacial score (nSPS) is 23.3. The Kier molecular flexibility index (Phi) is 4.39. The summed E-state index contributed by atoms with van der Waals surface area (Å²) in [5, 5.41) is 0. The molecule has 5 nitrogen and oxygen atoms in total. The molecule has 1 amide bonds. The molecule has 1 aromatic rings. The predicted octanol–water partition coefficient (Wildman–Crippen LogP) is 2.12. The molecular weight excluding hydrogens is 268 g/mol. The van der Waals surface area contributed by atoms with Crippen LogP contribution in [0, 0.1) is 5.92 Å². The van der Waals surface area contributed by atoms with Gasteiger partial charge in [-0.05, 0) is 24.8 Å². The zero-order valence-electron chi connectivity index (χ0n) is 12.5. The van der Waals surface area contributed by atoms with Gasteiger partial charge in [0, 0.05) is 37.3 Å². The lowest BCUT2D eigenvalue weighted by molar-refractivity contribution is 0.0696. The summed E-state index contributed by atoms with van der Waals surface area (Å²) >= 11 is 0. The van der Waals surface area contributed by atoms with Crippen LogP contribution in [0.4, 0.5) is 0 Å². The van der Waals surface area contributed by atoms with Gasteiger partial charge in [0.1, 0.15) is 6.10 Å². The molecule has 3 heterocycles. The number of rotatable bonds is 3. The fraction of sp³-hybridized carbons (Fsp3) is 0.625. The lowest BCUT2D eigenvalue weighted by atomic mass is 9.99. The summed E-state index contributed by atoms with van der Waals surface area (Å²) in [4.78, 5) is 18.6.